The maximum Gasteiger partial charge on any atom is 0.259 e. The van der Waals surface area contributed by atoms with Crippen molar-refractivity contribution in [2.75, 3.05) is 10.5 Å². The smallest absolute Gasteiger partial charge is 0.259 e. The lowest BCUT2D eigenvalue weighted by molar-refractivity contribution is -0.116. The molecule has 4 aromatic carbocycles. The zero-order valence-electron chi connectivity index (χ0n) is 22.4. The number of aromatic nitrogens is 2. The van der Waals surface area contributed by atoms with Gasteiger partial charge in [-0.1, -0.05) is 60.7 Å². The van der Waals surface area contributed by atoms with Crippen molar-refractivity contribution in [3.05, 3.63) is 125 Å². The number of para-hydroxylation sites is 1. The lowest BCUT2D eigenvalue weighted by Gasteiger charge is -2.23. The summed E-state index contributed by atoms with van der Waals surface area (Å²) < 4.78 is 7.62. The summed E-state index contributed by atoms with van der Waals surface area (Å²) in [6, 6.07) is 30.1. The lowest BCUT2D eigenvalue weighted by atomic mass is 10.1. The zero-order valence-corrected chi connectivity index (χ0v) is 22.4. The van der Waals surface area contributed by atoms with Crippen LogP contribution >= 0.6 is 0 Å². The van der Waals surface area contributed by atoms with E-state index < -0.39 is 5.91 Å². The van der Waals surface area contributed by atoms with Crippen LogP contribution < -0.4 is 15.3 Å². The van der Waals surface area contributed by atoms with Crippen LogP contribution in [0.25, 0.3) is 16.9 Å². The molecule has 1 amide bonds. The molecular weight excluding hydrogens is 520 g/mol. The molecule has 5 aromatic rings. The van der Waals surface area contributed by atoms with Gasteiger partial charge in [0, 0.05) is 29.8 Å². The van der Waals surface area contributed by atoms with Crippen molar-refractivity contribution in [3.63, 3.8) is 0 Å². The minimum absolute atomic E-state index is 0.0465. The highest BCUT2D eigenvalue weighted by molar-refractivity contribution is 6.09. The van der Waals surface area contributed by atoms with E-state index >= 15 is 0 Å². The van der Waals surface area contributed by atoms with Crippen LogP contribution in [0.4, 0.5) is 11.4 Å². The van der Waals surface area contributed by atoms with Gasteiger partial charge < -0.3 is 20.5 Å². The molecule has 1 aromatic heterocycles. The zero-order chi connectivity index (χ0) is 28.9. The third kappa shape index (κ3) is 6.33. The fourth-order valence-electron chi connectivity index (χ4n) is 4.51. The molecule has 0 saturated heterocycles. The summed E-state index contributed by atoms with van der Waals surface area (Å²) in [5.74, 6) is 0.265. The van der Waals surface area contributed by atoms with Crippen molar-refractivity contribution in [2.24, 2.45) is 0 Å². The van der Waals surface area contributed by atoms with Crippen molar-refractivity contribution in [2.45, 2.75) is 20.3 Å². The van der Waals surface area contributed by atoms with E-state index in [1.54, 1.807) is 35.0 Å². The van der Waals surface area contributed by atoms with Gasteiger partial charge in [0.25, 0.3) is 5.91 Å². The van der Waals surface area contributed by atoms with Crippen LogP contribution in [-0.4, -0.2) is 26.7 Å². The van der Waals surface area contributed by atoms with Crippen molar-refractivity contribution in [3.8, 4) is 28.4 Å². The second-order valence-electron chi connectivity index (χ2n) is 9.49. The maximum absolute atomic E-state index is 13.8. The van der Waals surface area contributed by atoms with Crippen LogP contribution in [0.1, 0.15) is 28.5 Å². The predicted octanol–water partition coefficient (Wildman–Crippen LogP) is 6.72. The Hall–Kier alpha value is -5.25. The predicted molar refractivity (Wildman–Crippen MR) is 157 cm³/mol. The maximum atomic E-state index is 13.8. The number of hydrogen-bond donors (Lipinski definition) is 2. The molecule has 0 radical (unpaired) electrons. The largest absolute Gasteiger partial charge is 0.733 e. The van der Waals surface area contributed by atoms with Crippen LogP contribution in [0, 0.1) is 12.1 Å². The molecule has 1 heterocycles. The van der Waals surface area contributed by atoms with Crippen LogP contribution in [0.15, 0.2) is 103 Å². The standard InChI is InChI=1S/C32H27N4O5/c1-21(37)17-23-13-15-28(16-14-23)41-29-19-25(18-27(20-29)36(39)40)33-32(38)30-22(2)35(26-11-7-4-8-12-26)34-31(30)24-9-5-3-6-10-24/h3-16,18-20,39H,17H2,1-2H3,(H,33,38)/q-1. The summed E-state index contributed by atoms with van der Waals surface area (Å²) in [6.45, 7) is 3.33. The summed E-state index contributed by atoms with van der Waals surface area (Å²) >= 11 is 0. The Labute approximate surface area is 236 Å². The van der Waals surface area contributed by atoms with E-state index in [2.05, 4.69) is 5.32 Å². The minimum atomic E-state index is -0.449. The first-order valence-corrected chi connectivity index (χ1v) is 12.9. The highest BCUT2D eigenvalue weighted by Gasteiger charge is 2.23. The molecule has 9 nitrogen and oxygen atoms in total. The Morgan fingerprint density at radius 1 is 0.927 bits per heavy atom. The molecule has 0 fully saturated rings. The first-order valence-electron chi connectivity index (χ1n) is 12.9. The second-order valence-corrected chi connectivity index (χ2v) is 9.49. The lowest BCUT2D eigenvalue weighted by Crippen LogP contribution is -2.15. The van der Waals surface area contributed by atoms with Crippen molar-refractivity contribution >= 4 is 23.1 Å². The number of hydrogen-bond acceptors (Lipinski definition) is 7. The SMILES string of the molecule is CC(=O)Cc1ccc(Oc2cc(NC(=O)c3c(-c4ccccc4)nn(-c4ccccc4)c3C)cc(N([O-])O)c2)cc1. The number of nitrogens with one attached hydrogen (secondary N) is 1. The van der Waals surface area contributed by atoms with Crippen LogP contribution in [-0.2, 0) is 11.2 Å². The number of rotatable bonds is 9. The van der Waals surface area contributed by atoms with E-state index in [-0.39, 0.29) is 28.1 Å². The fourth-order valence-corrected chi connectivity index (χ4v) is 4.51. The number of nitrogens with zero attached hydrogens (tertiary/aromatic N) is 3. The summed E-state index contributed by atoms with van der Waals surface area (Å²) in [5.41, 5.74) is 3.99. The van der Waals surface area contributed by atoms with Gasteiger partial charge in [-0.15, -0.1) is 0 Å². The number of carbonyl (C=O) groups excluding carboxylic acids is 2. The summed E-state index contributed by atoms with van der Waals surface area (Å²) in [7, 11) is 0. The molecule has 9 heteroatoms. The van der Waals surface area contributed by atoms with Crippen molar-refractivity contribution < 1.29 is 19.5 Å². The van der Waals surface area contributed by atoms with Gasteiger partial charge in [0.05, 0.1) is 22.6 Å². The number of Topliss-reactive ketones (excluding diaryl/α,β-unsaturated/α-hetero) is 1. The second kappa shape index (κ2) is 11.9. The van der Waals surface area contributed by atoms with Gasteiger partial charge >= 0.3 is 0 Å². The molecule has 0 atom stereocenters. The quantitative estimate of drug-likeness (QED) is 0.197. The number of amides is 1. The average Bonchev–Trinajstić information content (AvgIpc) is 3.31. The Bertz CT molecular complexity index is 1680. The molecule has 0 aliphatic heterocycles. The monoisotopic (exact) mass is 547 g/mol. The third-order valence-corrected chi connectivity index (χ3v) is 6.37. The first-order chi connectivity index (χ1) is 19.8. The Morgan fingerprint density at radius 3 is 2.22 bits per heavy atom. The molecule has 0 aliphatic rings. The number of anilines is 2. The van der Waals surface area contributed by atoms with Crippen molar-refractivity contribution in [1.29, 1.82) is 0 Å². The molecule has 0 aliphatic carbocycles. The highest BCUT2D eigenvalue weighted by Crippen LogP contribution is 2.32. The first kappa shape index (κ1) is 27.3. The van der Waals surface area contributed by atoms with Crippen LogP contribution in [0.2, 0.25) is 0 Å². The molecule has 206 valence electrons. The fraction of sp³-hybridized carbons (Fsp3) is 0.0938. The highest BCUT2D eigenvalue weighted by atomic mass is 16.8. The molecular formula is C32H27N4O5-. The van der Waals surface area contributed by atoms with E-state index in [4.69, 9.17) is 9.84 Å². The minimum Gasteiger partial charge on any atom is -0.733 e. The third-order valence-electron chi connectivity index (χ3n) is 6.37. The molecule has 5 rings (SSSR count). The Morgan fingerprint density at radius 2 is 1.59 bits per heavy atom. The van der Waals surface area contributed by atoms with Gasteiger partial charge in [0.2, 0.25) is 0 Å². The van der Waals surface area contributed by atoms with E-state index in [0.717, 1.165) is 16.8 Å². The molecule has 0 bridgehead atoms. The summed E-state index contributed by atoms with van der Waals surface area (Å²) in [6.07, 6.45) is 0.312. The van der Waals surface area contributed by atoms with Gasteiger partial charge in [0.1, 0.15) is 23.0 Å². The Kier molecular flexibility index (Phi) is 7.91. The number of ether oxygens (including phenoxy) is 1. The molecule has 41 heavy (non-hydrogen) atoms. The van der Waals surface area contributed by atoms with Crippen LogP contribution in [0.3, 0.4) is 0 Å². The van der Waals surface area contributed by atoms with E-state index in [1.165, 1.54) is 19.1 Å². The molecule has 0 unspecified atom stereocenters. The normalized spacial score (nSPS) is 10.7. The van der Waals surface area contributed by atoms with Gasteiger partial charge in [-0.2, -0.15) is 5.10 Å². The molecule has 2 N–H and O–H groups in total. The van der Waals surface area contributed by atoms with Gasteiger partial charge in [-0.05, 0) is 49.7 Å². The number of carbonyl (C=O) groups is 2. The Balaban J connectivity index is 1.48. The van der Waals surface area contributed by atoms with E-state index in [9.17, 15) is 20.0 Å². The topological polar surface area (TPSA) is 120 Å². The van der Waals surface area contributed by atoms with Crippen LogP contribution in [0.5, 0.6) is 11.5 Å². The van der Waals surface area contributed by atoms with E-state index in [1.807, 2.05) is 67.6 Å². The number of benzene rings is 4. The van der Waals surface area contributed by atoms with E-state index in [0.29, 0.717) is 29.1 Å². The van der Waals surface area contributed by atoms with Gasteiger partial charge in [-0.25, -0.2) is 4.68 Å². The summed E-state index contributed by atoms with van der Waals surface area (Å²) in [5, 5.41) is 28.8. The van der Waals surface area contributed by atoms with Gasteiger partial charge in [-0.3, -0.25) is 14.8 Å². The molecule has 0 saturated carbocycles. The molecule has 0 spiro atoms. The average molecular weight is 548 g/mol. The van der Waals surface area contributed by atoms with Gasteiger partial charge in [0.15, 0.2) is 0 Å². The van der Waals surface area contributed by atoms with Crippen molar-refractivity contribution in [1.82, 2.24) is 9.78 Å². The summed E-state index contributed by atoms with van der Waals surface area (Å²) in [4.78, 5) is 25.1. The number of ketones is 1.